The molecule has 2 atom stereocenters. The zero-order valence-corrected chi connectivity index (χ0v) is 22.6. The number of rotatable bonds is 11. The van der Waals surface area contributed by atoms with Gasteiger partial charge in [-0.05, 0) is 44.0 Å². The molecule has 0 radical (unpaired) electrons. The van der Waals surface area contributed by atoms with Gasteiger partial charge in [-0.2, -0.15) is 0 Å². The molecule has 0 aliphatic carbocycles. The van der Waals surface area contributed by atoms with E-state index in [1.165, 1.54) is 30.0 Å². The molecule has 2 aromatic rings. The van der Waals surface area contributed by atoms with Crippen LogP contribution >= 0.6 is 23.2 Å². The van der Waals surface area contributed by atoms with Crippen LogP contribution in [-0.4, -0.2) is 54.9 Å². The average Bonchev–Trinajstić information content (AvgIpc) is 2.81. The van der Waals surface area contributed by atoms with E-state index in [9.17, 15) is 28.1 Å². The van der Waals surface area contributed by atoms with Crippen molar-refractivity contribution in [1.29, 1.82) is 0 Å². The molecule has 196 valence electrons. The van der Waals surface area contributed by atoms with Crippen molar-refractivity contribution in [2.45, 2.75) is 45.8 Å². The number of nitrogens with one attached hydrogen (secondary N) is 1. The summed E-state index contributed by atoms with van der Waals surface area (Å²) in [5.74, 6) is -1.11. The molecule has 0 saturated heterocycles. The molecule has 2 aromatic carbocycles. The Hall–Kier alpha value is -2.89. The Balaban J connectivity index is 2.45. The highest BCUT2D eigenvalue weighted by atomic mass is 35.5. The summed E-state index contributed by atoms with van der Waals surface area (Å²) in [6, 6.07) is 8.60. The van der Waals surface area contributed by atoms with Crippen LogP contribution in [0, 0.1) is 10.1 Å². The molecule has 13 heteroatoms. The quantitative estimate of drug-likeness (QED) is 0.327. The normalized spacial score (nSPS) is 12.9. The molecule has 2 rings (SSSR count). The molecule has 36 heavy (non-hydrogen) atoms. The van der Waals surface area contributed by atoms with Gasteiger partial charge in [-0.25, -0.2) is 8.42 Å². The number of nitro benzene ring substituents is 1. The third kappa shape index (κ3) is 7.81. The Kier molecular flexibility index (Phi) is 10.1. The molecule has 0 aromatic heterocycles. The summed E-state index contributed by atoms with van der Waals surface area (Å²) >= 11 is 12.1. The number of hydrogen-bond donors (Lipinski definition) is 1. The minimum atomic E-state index is -4.02. The first-order valence-electron chi connectivity index (χ1n) is 11.0. The Labute approximate surface area is 220 Å². The van der Waals surface area contributed by atoms with E-state index in [0.717, 1.165) is 16.6 Å². The second kappa shape index (κ2) is 12.4. The summed E-state index contributed by atoms with van der Waals surface area (Å²) in [4.78, 5) is 38.1. The van der Waals surface area contributed by atoms with Crippen molar-refractivity contribution in [3.8, 4) is 0 Å². The van der Waals surface area contributed by atoms with Crippen LogP contribution in [0.25, 0.3) is 0 Å². The number of amides is 2. The van der Waals surface area contributed by atoms with Gasteiger partial charge in [0.05, 0.1) is 26.9 Å². The fourth-order valence-corrected chi connectivity index (χ4v) is 4.42. The summed E-state index contributed by atoms with van der Waals surface area (Å²) < 4.78 is 25.9. The Morgan fingerprint density at radius 3 is 2.33 bits per heavy atom. The van der Waals surface area contributed by atoms with Gasteiger partial charge in [-0.1, -0.05) is 42.3 Å². The maximum atomic E-state index is 13.5. The number of nitro groups is 1. The Bertz CT molecular complexity index is 1240. The lowest BCUT2D eigenvalue weighted by atomic mass is 10.1. The number of carbonyl (C=O) groups excluding carboxylic acids is 2. The predicted octanol–water partition coefficient (Wildman–Crippen LogP) is 4.00. The smallest absolute Gasteiger partial charge is 0.271 e. The maximum Gasteiger partial charge on any atom is 0.271 e. The van der Waals surface area contributed by atoms with Crippen molar-refractivity contribution in [2.24, 2.45) is 0 Å². The van der Waals surface area contributed by atoms with Crippen LogP contribution in [0.5, 0.6) is 0 Å². The Morgan fingerprint density at radius 1 is 1.11 bits per heavy atom. The van der Waals surface area contributed by atoms with Crippen LogP contribution in [0.15, 0.2) is 42.5 Å². The van der Waals surface area contributed by atoms with Crippen LogP contribution in [0.2, 0.25) is 10.0 Å². The lowest BCUT2D eigenvalue weighted by Gasteiger charge is -2.32. The molecule has 0 aliphatic rings. The molecule has 0 spiro atoms. The van der Waals surface area contributed by atoms with E-state index in [2.05, 4.69) is 5.32 Å². The number of hydrogen-bond acceptors (Lipinski definition) is 6. The molecule has 0 aliphatic heterocycles. The van der Waals surface area contributed by atoms with Gasteiger partial charge in [-0.15, -0.1) is 0 Å². The highest BCUT2D eigenvalue weighted by Gasteiger charge is 2.31. The number of carbonyl (C=O) groups is 2. The van der Waals surface area contributed by atoms with Gasteiger partial charge in [0, 0.05) is 24.7 Å². The lowest BCUT2D eigenvalue weighted by molar-refractivity contribution is -0.384. The van der Waals surface area contributed by atoms with Crippen LogP contribution in [0.3, 0.4) is 0 Å². The SMILES string of the molecule is CC[C@@H](C)NC(=O)[C@@H](C)N(Cc1ccc(Cl)c(Cl)c1)C(=O)CN(c1cccc([N+](=O)[O-])c1)S(C)(=O)=O. The van der Waals surface area contributed by atoms with Crippen molar-refractivity contribution >= 4 is 56.4 Å². The summed E-state index contributed by atoms with van der Waals surface area (Å²) in [5.41, 5.74) is 0.191. The zero-order chi connectivity index (χ0) is 27.2. The first-order valence-corrected chi connectivity index (χ1v) is 13.6. The summed E-state index contributed by atoms with van der Waals surface area (Å²) in [6.45, 7) is 4.52. The average molecular weight is 559 g/mol. The van der Waals surface area contributed by atoms with Gasteiger partial charge in [0.1, 0.15) is 12.6 Å². The van der Waals surface area contributed by atoms with E-state index in [1.807, 2.05) is 13.8 Å². The number of nitrogens with zero attached hydrogens (tertiary/aromatic N) is 3. The van der Waals surface area contributed by atoms with E-state index >= 15 is 0 Å². The monoisotopic (exact) mass is 558 g/mol. The topological polar surface area (TPSA) is 130 Å². The first kappa shape index (κ1) is 29.3. The molecule has 0 heterocycles. The molecular formula is C23H28Cl2N4O6S. The molecule has 0 unspecified atom stereocenters. The van der Waals surface area contributed by atoms with Crippen LogP contribution < -0.4 is 9.62 Å². The standard InChI is InChI=1S/C23H28Cl2N4O6S/c1-5-15(2)26-23(31)16(3)27(13-17-9-10-20(24)21(25)11-17)22(30)14-28(36(4,34)35)18-7-6-8-19(12-18)29(32)33/h6-12,15-16H,5,13-14H2,1-4H3,(H,26,31)/t15-,16-/m1/s1. The number of sulfonamides is 1. The first-order chi connectivity index (χ1) is 16.7. The summed E-state index contributed by atoms with van der Waals surface area (Å²) in [7, 11) is -4.02. The minimum Gasteiger partial charge on any atom is -0.352 e. The van der Waals surface area contributed by atoms with Crippen molar-refractivity contribution in [3.63, 3.8) is 0 Å². The highest BCUT2D eigenvalue weighted by molar-refractivity contribution is 7.92. The predicted molar refractivity (Wildman–Crippen MR) is 140 cm³/mol. The maximum absolute atomic E-state index is 13.5. The molecule has 0 fully saturated rings. The molecule has 10 nitrogen and oxygen atoms in total. The van der Waals surface area contributed by atoms with Crippen molar-refractivity contribution in [2.75, 3.05) is 17.1 Å². The highest BCUT2D eigenvalue weighted by Crippen LogP contribution is 2.26. The number of anilines is 1. The van der Waals surface area contributed by atoms with Crippen LogP contribution in [-0.2, 0) is 26.2 Å². The lowest BCUT2D eigenvalue weighted by Crippen LogP contribution is -2.52. The fraction of sp³-hybridized carbons (Fsp3) is 0.391. The van der Waals surface area contributed by atoms with Gasteiger partial charge < -0.3 is 10.2 Å². The molecule has 0 saturated carbocycles. The molecular weight excluding hydrogens is 531 g/mol. The molecule has 2 amide bonds. The minimum absolute atomic E-state index is 0.0498. The van der Waals surface area contributed by atoms with Gasteiger partial charge >= 0.3 is 0 Å². The number of non-ortho nitro benzene ring substituents is 1. The summed E-state index contributed by atoms with van der Waals surface area (Å²) in [5, 5.41) is 14.6. The van der Waals surface area contributed by atoms with Gasteiger partial charge in [-0.3, -0.25) is 24.0 Å². The van der Waals surface area contributed by atoms with Crippen LogP contribution in [0.4, 0.5) is 11.4 Å². The van der Waals surface area contributed by atoms with E-state index in [0.29, 0.717) is 17.0 Å². The van der Waals surface area contributed by atoms with E-state index < -0.39 is 39.3 Å². The summed E-state index contributed by atoms with van der Waals surface area (Å²) in [6.07, 6.45) is 1.56. The van der Waals surface area contributed by atoms with Gasteiger partial charge in [0.15, 0.2) is 0 Å². The van der Waals surface area contributed by atoms with Crippen LogP contribution in [0.1, 0.15) is 32.8 Å². The fourth-order valence-electron chi connectivity index (χ4n) is 3.26. The third-order valence-electron chi connectivity index (χ3n) is 5.51. The zero-order valence-electron chi connectivity index (χ0n) is 20.3. The van der Waals surface area contributed by atoms with Gasteiger partial charge in [0.2, 0.25) is 21.8 Å². The van der Waals surface area contributed by atoms with Crippen molar-refractivity contribution < 1.29 is 22.9 Å². The van der Waals surface area contributed by atoms with Crippen molar-refractivity contribution in [1.82, 2.24) is 10.2 Å². The Morgan fingerprint density at radius 2 is 1.78 bits per heavy atom. The second-order valence-electron chi connectivity index (χ2n) is 8.31. The van der Waals surface area contributed by atoms with Gasteiger partial charge in [0.25, 0.3) is 5.69 Å². The van der Waals surface area contributed by atoms with E-state index in [4.69, 9.17) is 23.2 Å². The third-order valence-corrected chi connectivity index (χ3v) is 7.39. The van der Waals surface area contributed by atoms with E-state index in [-0.39, 0.29) is 29.0 Å². The number of benzene rings is 2. The van der Waals surface area contributed by atoms with Crippen molar-refractivity contribution in [3.05, 3.63) is 68.2 Å². The number of halogens is 2. The molecule has 0 bridgehead atoms. The van der Waals surface area contributed by atoms with E-state index in [1.54, 1.807) is 18.2 Å². The largest absolute Gasteiger partial charge is 0.352 e. The molecule has 1 N–H and O–H groups in total. The second-order valence-corrected chi connectivity index (χ2v) is 11.0.